The van der Waals surface area contributed by atoms with Gasteiger partial charge in [-0.2, -0.15) is 0 Å². The lowest BCUT2D eigenvalue weighted by molar-refractivity contribution is 0.0961. The summed E-state index contributed by atoms with van der Waals surface area (Å²) in [5.74, 6) is -1.06. The number of amides is 2. The standard InChI is InChI=1S/C14H12N4O3S/c1-16-14(21)7-2-3-11-17-5-8(18(11)6-7)10-4-9(19)12(22-10)13(15)20/h2-6,19H,1H3,(H2,15,20)(H,16,21). The van der Waals surface area contributed by atoms with Crippen molar-refractivity contribution >= 4 is 28.8 Å². The van der Waals surface area contributed by atoms with Crippen molar-refractivity contribution in [3.05, 3.63) is 41.0 Å². The van der Waals surface area contributed by atoms with E-state index in [-0.39, 0.29) is 16.5 Å². The lowest BCUT2D eigenvalue weighted by Gasteiger charge is -2.03. The Bertz CT molecular complexity index is 897. The van der Waals surface area contributed by atoms with Gasteiger partial charge in [0.15, 0.2) is 0 Å². The van der Waals surface area contributed by atoms with Crippen molar-refractivity contribution in [2.45, 2.75) is 0 Å². The molecule has 0 saturated heterocycles. The van der Waals surface area contributed by atoms with Gasteiger partial charge in [-0.1, -0.05) is 0 Å². The summed E-state index contributed by atoms with van der Waals surface area (Å²) < 4.78 is 1.72. The number of hydrogen-bond acceptors (Lipinski definition) is 5. The van der Waals surface area contributed by atoms with E-state index >= 15 is 0 Å². The molecule has 0 aliphatic heterocycles. The van der Waals surface area contributed by atoms with Gasteiger partial charge in [-0.15, -0.1) is 11.3 Å². The van der Waals surface area contributed by atoms with Crippen LogP contribution in [-0.4, -0.2) is 33.4 Å². The van der Waals surface area contributed by atoms with Crippen LogP contribution in [0, 0.1) is 0 Å². The van der Waals surface area contributed by atoms with Crippen LogP contribution in [0.1, 0.15) is 20.0 Å². The molecule has 0 spiro atoms. The van der Waals surface area contributed by atoms with Crippen molar-refractivity contribution < 1.29 is 14.7 Å². The molecule has 0 fully saturated rings. The zero-order valence-corrected chi connectivity index (χ0v) is 12.3. The molecule has 3 heterocycles. The molecule has 0 bridgehead atoms. The quantitative estimate of drug-likeness (QED) is 0.675. The van der Waals surface area contributed by atoms with Gasteiger partial charge < -0.3 is 16.2 Å². The van der Waals surface area contributed by atoms with E-state index in [9.17, 15) is 14.7 Å². The number of imidazole rings is 1. The number of aromatic nitrogens is 2. The van der Waals surface area contributed by atoms with Gasteiger partial charge in [-0.3, -0.25) is 14.0 Å². The second-order valence-corrected chi connectivity index (χ2v) is 5.61. The summed E-state index contributed by atoms with van der Waals surface area (Å²) in [6.07, 6.45) is 3.26. The number of aromatic hydroxyl groups is 1. The Kier molecular flexibility index (Phi) is 3.30. The predicted octanol–water partition coefficient (Wildman–Crippen LogP) is 1.23. The van der Waals surface area contributed by atoms with Crippen LogP contribution in [0.15, 0.2) is 30.6 Å². The van der Waals surface area contributed by atoms with Crippen LogP contribution in [0.25, 0.3) is 16.2 Å². The molecule has 0 aromatic carbocycles. The Morgan fingerprint density at radius 2 is 2.18 bits per heavy atom. The summed E-state index contributed by atoms with van der Waals surface area (Å²) in [4.78, 5) is 27.9. The highest BCUT2D eigenvalue weighted by Gasteiger charge is 2.17. The molecule has 4 N–H and O–H groups in total. The zero-order chi connectivity index (χ0) is 15.9. The monoisotopic (exact) mass is 316 g/mol. The zero-order valence-electron chi connectivity index (χ0n) is 11.5. The molecule has 8 heteroatoms. The van der Waals surface area contributed by atoms with Crippen LogP contribution in [0.5, 0.6) is 5.75 Å². The van der Waals surface area contributed by atoms with Crippen molar-refractivity contribution in [3.63, 3.8) is 0 Å². The van der Waals surface area contributed by atoms with Gasteiger partial charge in [-0.25, -0.2) is 4.98 Å². The number of nitrogens with zero attached hydrogens (tertiary/aromatic N) is 2. The number of carbonyl (C=O) groups is 2. The van der Waals surface area contributed by atoms with Crippen LogP contribution in [0.4, 0.5) is 0 Å². The number of thiophene rings is 1. The first-order valence-electron chi connectivity index (χ1n) is 6.33. The molecule has 0 unspecified atom stereocenters. The molecule has 0 radical (unpaired) electrons. The van der Waals surface area contributed by atoms with E-state index in [4.69, 9.17) is 5.73 Å². The topological polar surface area (TPSA) is 110 Å². The highest BCUT2D eigenvalue weighted by molar-refractivity contribution is 7.17. The smallest absolute Gasteiger partial charge is 0.262 e. The van der Waals surface area contributed by atoms with E-state index in [0.29, 0.717) is 21.8 Å². The Hall–Kier alpha value is -2.87. The second kappa shape index (κ2) is 5.15. The largest absolute Gasteiger partial charge is 0.506 e. The average molecular weight is 316 g/mol. The third kappa shape index (κ3) is 2.19. The molecular weight excluding hydrogens is 304 g/mol. The molecule has 0 atom stereocenters. The van der Waals surface area contributed by atoms with E-state index in [2.05, 4.69) is 10.3 Å². The van der Waals surface area contributed by atoms with Crippen molar-refractivity contribution in [1.82, 2.24) is 14.7 Å². The minimum Gasteiger partial charge on any atom is -0.506 e. The fourth-order valence-electron chi connectivity index (χ4n) is 2.13. The minimum absolute atomic E-state index is 0.0902. The second-order valence-electron chi connectivity index (χ2n) is 4.56. The number of rotatable bonds is 3. The van der Waals surface area contributed by atoms with Crippen molar-refractivity contribution in [2.24, 2.45) is 5.73 Å². The SMILES string of the molecule is CNC(=O)c1ccc2ncc(-c3cc(O)c(C(N)=O)s3)n2c1. The Morgan fingerprint density at radius 1 is 1.41 bits per heavy atom. The number of primary amides is 1. The Balaban J connectivity index is 2.16. The summed E-state index contributed by atoms with van der Waals surface area (Å²) in [6.45, 7) is 0. The van der Waals surface area contributed by atoms with Gasteiger partial charge in [0.2, 0.25) is 0 Å². The van der Waals surface area contributed by atoms with E-state index in [0.717, 1.165) is 11.3 Å². The van der Waals surface area contributed by atoms with E-state index in [1.54, 1.807) is 36.0 Å². The normalized spacial score (nSPS) is 10.8. The highest BCUT2D eigenvalue weighted by atomic mass is 32.1. The summed E-state index contributed by atoms with van der Waals surface area (Å²) in [7, 11) is 1.55. The van der Waals surface area contributed by atoms with Gasteiger partial charge in [0.25, 0.3) is 11.8 Å². The maximum atomic E-state index is 11.7. The Morgan fingerprint density at radius 3 is 2.82 bits per heavy atom. The van der Waals surface area contributed by atoms with Crippen LogP contribution >= 0.6 is 11.3 Å². The first-order chi connectivity index (χ1) is 10.5. The van der Waals surface area contributed by atoms with E-state index in [1.807, 2.05) is 0 Å². The van der Waals surface area contributed by atoms with Gasteiger partial charge in [0.1, 0.15) is 16.3 Å². The fourth-order valence-corrected chi connectivity index (χ4v) is 3.04. The fraction of sp³-hybridized carbons (Fsp3) is 0.0714. The first kappa shape index (κ1) is 14.1. The minimum atomic E-state index is -0.686. The molecule has 112 valence electrons. The number of nitrogens with one attached hydrogen (secondary N) is 1. The summed E-state index contributed by atoms with van der Waals surface area (Å²) in [6, 6.07) is 4.85. The number of fused-ring (bicyclic) bond motifs is 1. The lowest BCUT2D eigenvalue weighted by atomic mass is 10.2. The summed E-state index contributed by atoms with van der Waals surface area (Å²) in [5, 5.41) is 12.3. The Labute approximate surface area is 129 Å². The predicted molar refractivity (Wildman–Crippen MR) is 82.1 cm³/mol. The molecule has 3 rings (SSSR count). The van der Waals surface area contributed by atoms with Crippen LogP contribution in [-0.2, 0) is 0 Å². The van der Waals surface area contributed by atoms with E-state index in [1.165, 1.54) is 6.07 Å². The molecule has 0 aliphatic carbocycles. The van der Waals surface area contributed by atoms with Crippen molar-refractivity contribution in [1.29, 1.82) is 0 Å². The molecule has 22 heavy (non-hydrogen) atoms. The average Bonchev–Trinajstić information content (AvgIpc) is 3.08. The molecule has 0 aliphatic rings. The summed E-state index contributed by atoms with van der Waals surface area (Å²) in [5.41, 5.74) is 7.00. The first-order valence-corrected chi connectivity index (χ1v) is 7.15. The maximum absolute atomic E-state index is 11.7. The molecule has 2 amide bonds. The van der Waals surface area contributed by atoms with Crippen LogP contribution < -0.4 is 11.1 Å². The van der Waals surface area contributed by atoms with Gasteiger partial charge in [0.05, 0.1) is 22.3 Å². The third-order valence-electron chi connectivity index (χ3n) is 3.18. The highest BCUT2D eigenvalue weighted by Crippen LogP contribution is 2.35. The molecule has 3 aromatic rings. The van der Waals surface area contributed by atoms with Gasteiger partial charge in [-0.05, 0) is 12.1 Å². The number of nitrogens with two attached hydrogens (primary N) is 1. The van der Waals surface area contributed by atoms with Crippen LogP contribution in [0.2, 0.25) is 0 Å². The maximum Gasteiger partial charge on any atom is 0.262 e. The number of hydrogen-bond donors (Lipinski definition) is 3. The summed E-state index contributed by atoms with van der Waals surface area (Å²) >= 11 is 1.07. The lowest BCUT2D eigenvalue weighted by Crippen LogP contribution is -2.18. The van der Waals surface area contributed by atoms with Crippen molar-refractivity contribution in [2.75, 3.05) is 7.05 Å². The molecule has 0 saturated carbocycles. The van der Waals surface area contributed by atoms with Gasteiger partial charge in [0, 0.05) is 19.3 Å². The van der Waals surface area contributed by atoms with Gasteiger partial charge >= 0.3 is 0 Å². The third-order valence-corrected chi connectivity index (χ3v) is 4.34. The number of carbonyl (C=O) groups excluding carboxylic acids is 2. The molecular formula is C14H12N4O3S. The van der Waals surface area contributed by atoms with Crippen molar-refractivity contribution in [3.8, 4) is 16.3 Å². The number of pyridine rings is 1. The molecule has 7 nitrogen and oxygen atoms in total. The molecule has 3 aromatic heterocycles. The van der Waals surface area contributed by atoms with Crippen LogP contribution in [0.3, 0.4) is 0 Å². The van der Waals surface area contributed by atoms with E-state index < -0.39 is 5.91 Å².